The van der Waals surface area contributed by atoms with Gasteiger partial charge in [-0.15, -0.1) is 0 Å². The summed E-state index contributed by atoms with van der Waals surface area (Å²) in [6, 6.07) is 21.8. The van der Waals surface area contributed by atoms with Crippen molar-refractivity contribution in [2.24, 2.45) is 0 Å². The Balaban J connectivity index is 1.63. The minimum absolute atomic E-state index is 0.345. The Labute approximate surface area is 196 Å². The lowest BCUT2D eigenvalue weighted by atomic mass is 9.81. The first-order valence-electron chi connectivity index (χ1n) is 11.0. The van der Waals surface area contributed by atoms with Gasteiger partial charge in [-0.1, -0.05) is 48.5 Å². The van der Waals surface area contributed by atoms with Crippen LogP contribution in [0, 0.1) is 19.7 Å². The summed E-state index contributed by atoms with van der Waals surface area (Å²) in [6.07, 6.45) is 0. The van der Waals surface area contributed by atoms with Crippen molar-refractivity contribution >= 4 is 17.6 Å². The van der Waals surface area contributed by atoms with Gasteiger partial charge in [0.1, 0.15) is 17.7 Å². The first-order valence-corrected chi connectivity index (χ1v) is 11.0. The maximum atomic E-state index is 13.7. The van der Waals surface area contributed by atoms with Crippen molar-refractivity contribution in [1.82, 2.24) is 15.1 Å². The molecule has 3 aromatic carbocycles. The zero-order chi connectivity index (χ0) is 23.8. The normalized spacial score (nSPS) is 17.1. The molecule has 6 nitrogen and oxygen atoms in total. The minimum atomic E-state index is -0.905. The highest BCUT2D eigenvalue weighted by molar-refractivity contribution is 6.04. The number of fused-ring (bicyclic) bond motifs is 1. The molecule has 0 aliphatic carbocycles. The van der Waals surface area contributed by atoms with Crippen LogP contribution in [0.1, 0.15) is 38.7 Å². The number of aryl methyl sites for hydroxylation is 2. The number of anilines is 1. The first-order chi connectivity index (χ1) is 16.4. The Morgan fingerprint density at radius 2 is 1.65 bits per heavy atom. The lowest BCUT2D eigenvalue weighted by Crippen LogP contribution is -2.50. The van der Waals surface area contributed by atoms with E-state index in [0.29, 0.717) is 22.6 Å². The molecule has 0 fully saturated rings. The van der Waals surface area contributed by atoms with Crippen LogP contribution in [0.5, 0.6) is 0 Å². The summed E-state index contributed by atoms with van der Waals surface area (Å²) < 4.78 is 15.4. The van der Waals surface area contributed by atoms with Crippen LogP contribution in [-0.4, -0.2) is 27.6 Å². The number of hydrogen-bond donors (Lipinski definition) is 2. The molecular formula is C27H23FN4O2. The number of nitrogens with zero attached hydrogens (tertiary/aromatic N) is 2. The van der Waals surface area contributed by atoms with Crippen LogP contribution in [0.15, 0.2) is 78.9 Å². The molecule has 2 atom stereocenters. The number of carbonyl (C=O) groups excluding carboxylic acids is 2. The number of halogens is 1. The zero-order valence-corrected chi connectivity index (χ0v) is 18.7. The van der Waals surface area contributed by atoms with Gasteiger partial charge in [0.05, 0.1) is 11.4 Å². The molecule has 4 aromatic rings. The number of aromatic nitrogens is 2. The highest BCUT2D eigenvalue weighted by atomic mass is 19.1. The van der Waals surface area contributed by atoms with Gasteiger partial charge in [-0.05, 0) is 55.3 Å². The molecule has 0 saturated carbocycles. The van der Waals surface area contributed by atoms with Crippen molar-refractivity contribution in [3.05, 3.63) is 113 Å². The summed E-state index contributed by atoms with van der Waals surface area (Å²) >= 11 is 0. The average Bonchev–Trinajstić information content (AvgIpc) is 3.16. The van der Waals surface area contributed by atoms with Gasteiger partial charge >= 0.3 is 0 Å². The summed E-state index contributed by atoms with van der Waals surface area (Å²) in [7, 11) is 0. The molecule has 0 spiro atoms. The van der Waals surface area contributed by atoms with E-state index in [0.717, 1.165) is 16.8 Å². The second-order valence-corrected chi connectivity index (χ2v) is 8.38. The number of hydrogen-bond acceptors (Lipinski definition) is 3. The van der Waals surface area contributed by atoms with Crippen molar-refractivity contribution in [3.8, 4) is 5.69 Å². The minimum Gasteiger partial charge on any atom is -0.339 e. The van der Waals surface area contributed by atoms with Gasteiger partial charge in [0.2, 0.25) is 5.91 Å². The van der Waals surface area contributed by atoms with Gasteiger partial charge in [-0.3, -0.25) is 9.59 Å². The van der Waals surface area contributed by atoms with Crippen LogP contribution in [0.2, 0.25) is 0 Å². The van der Waals surface area contributed by atoms with E-state index in [1.165, 1.54) is 12.1 Å². The molecule has 0 radical (unpaired) electrons. The Bertz CT molecular complexity index is 1380. The molecule has 1 aliphatic heterocycles. The number of nitrogens with one attached hydrogen (secondary N) is 2. The summed E-state index contributed by atoms with van der Waals surface area (Å²) in [5.41, 5.74) is 4.31. The molecule has 34 heavy (non-hydrogen) atoms. The van der Waals surface area contributed by atoms with E-state index in [-0.39, 0.29) is 17.6 Å². The topological polar surface area (TPSA) is 76.0 Å². The van der Waals surface area contributed by atoms with E-state index in [1.54, 1.807) is 28.9 Å². The number of rotatable bonds is 4. The third-order valence-electron chi connectivity index (χ3n) is 6.18. The Morgan fingerprint density at radius 1 is 0.971 bits per heavy atom. The van der Waals surface area contributed by atoms with E-state index < -0.39 is 12.0 Å². The lowest BCUT2D eigenvalue weighted by Gasteiger charge is -2.33. The molecule has 2 N–H and O–H groups in total. The Morgan fingerprint density at radius 3 is 2.35 bits per heavy atom. The van der Waals surface area contributed by atoms with Crippen LogP contribution in [0.4, 0.5) is 10.2 Å². The van der Waals surface area contributed by atoms with Crippen LogP contribution in [-0.2, 0) is 4.79 Å². The van der Waals surface area contributed by atoms with Gasteiger partial charge in [-0.2, -0.15) is 5.10 Å². The molecule has 2 amide bonds. The second-order valence-electron chi connectivity index (χ2n) is 8.38. The molecule has 1 aromatic heterocycles. The maximum absolute atomic E-state index is 13.7. The largest absolute Gasteiger partial charge is 0.339 e. The van der Waals surface area contributed by atoms with Gasteiger partial charge in [0, 0.05) is 17.0 Å². The van der Waals surface area contributed by atoms with Crippen LogP contribution < -0.4 is 10.6 Å². The van der Waals surface area contributed by atoms with Gasteiger partial charge < -0.3 is 10.6 Å². The van der Waals surface area contributed by atoms with E-state index in [4.69, 9.17) is 5.10 Å². The summed E-state index contributed by atoms with van der Waals surface area (Å²) in [6.45, 7) is 3.71. The maximum Gasteiger partial charge on any atom is 0.252 e. The summed E-state index contributed by atoms with van der Waals surface area (Å²) in [5.74, 6) is -1.08. The molecule has 5 rings (SSSR count). The first kappa shape index (κ1) is 21.6. The fourth-order valence-corrected chi connectivity index (χ4v) is 4.53. The highest BCUT2D eigenvalue weighted by Gasteiger charge is 2.41. The van der Waals surface area contributed by atoms with E-state index in [1.807, 2.05) is 56.3 Å². The third-order valence-corrected chi connectivity index (χ3v) is 6.18. The Hall–Kier alpha value is -4.26. The van der Waals surface area contributed by atoms with Crippen molar-refractivity contribution in [2.45, 2.75) is 25.8 Å². The number of benzene rings is 3. The van der Waals surface area contributed by atoms with E-state index in [2.05, 4.69) is 10.6 Å². The molecule has 0 unspecified atom stereocenters. The van der Waals surface area contributed by atoms with Crippen molar-refractivity contribution in [2.75, 3.05) is 5.32 Å². The predicted molar refractivity (Wildman–Crippen MR) is 128 cm³/mol. The fraction of sp³-hybridized carbons (Fsp3) is 0.148. The lowest BCUT2D eigenvalue weighted by molar-refractivity contribution is -0.118. The van der Waals surface area contributed by atoms with Gasteiger partial charge in [0.25, 0.3) is 5.91 Å². The molecule has 7 heteroatoms. The van der Waals surface area contributed by atoms with Crippen LogP contribution in [0.3, 0.4) is 0 Å². The van der Waals surface area contributed by atoms with Gasteiger partial charge in [-0.25, -0.2) is 9.07 Å². The SMILES string of the molecule is Cc1ccccc1C(=O)N[C@H]1C(=O)Nc2c(c(C)nn2-c2ccccc2)[C@@H]1c1ccc(F)cc1. The van der Waals surface area contributed by atoms with Crippen molar-refractivity contribution in [1.29, 1.82) is 0 Å². The third kappa shape index (κ3) is 3.75. The zero-order valence-electron chi connectivity index (χ0n) is 18.7. The molecule has 170 valence electrons. The van der Waals surface area contributed by atoms with E-state index in [9.17, 15) is 14.0 Å². The monoisotopic (exact) mass is 454 g/mol. The number of carbonyl (C=O) groups is 2. The van der Waals surface area contributed by atoms with Gasteiger partial charge in [0.15, 0.2) is 0 Å². The molecule has 0 saturated heterocycles. The van der Waals surface area contributed by atoms with Crippen LogP contribution >= 0.6 is 0 Å². The average molecular weight is 455 g/mol. The molecule has 0 bridgehead atoms. The summed E-state index contributed by atoms with van der Waals surface area (Å²) in [5, 5.41) is 10.6. The highest BCUT2D eigenvalue weighted by Crippen LogP contribution is 2.40. The van der Waals surface area contributed by atoms with Crippen molar-refractivity contribution in [3.63, 3.8) is 0 Å². The van der Waals surface area contributed by atoms with Crippen LogP contribution in [0.25, 0.3) is 5.69 Å². The smallest absolute Gasteiger partial charge is 0.252 e. The number of amides is 2. The number of para-hydroxylation sites is 1. The predicted octanol–water partition coefficient (Wildman–Crippen LogP) is 4.51. The molecule has 1 aliphatic rings. The fourth-order valence-electron chi connectivity index (χ4n) is 4.53. The standard InChI is InChI=1S/C27H23FN4O2/c1-16-8-6-7-11-21(16)26(33)29-24-23(18-12-14-19(28)15-13-18)22-17(2)31-32(25(22)30-27(24)34)20-9-4-3-5-10-20/h3-15,23-24H,1-2H3,(H,29,33)(H,30,34)/t23-,24+/m0/s1. The Kier molecular flexibility index (Phi) is 5.45. The second kappa shape index (κ2) is 8.59. The molecule has 2 heterocycles. The quantitative estimate of drug-likeness (QED) is 0.476. The molecular weight excluding hydrogens is 431 g/mol. The van der Waals surface area contributed by atoms with Crippen molar-refractivity contribution < 1.29 is 14.0 Å². The summed E-state index contributed by atoms with van der Waals surface area (Å²) in [4.78, 5) is 26.6. The van der Waals surface area contributed by atoms with E-state index >= 15 is 0 Å².